The Morgan fingerprint density at radius 1 is 1.45 bits per heavy atom. The first-order valence-corrected chi connectivity index (χ1v) is 6.65. The van der Waals surface area contributed by atoms with E-state index < -0.39 is 0 Å². The summed E-state index contributed by atoms with van der Waals surface area (Å²) in [5, 5.41) is 2.92. The van der Waals surface area contributed by atoms with Crippen LogP contribution in [0.15, 0.2) is 18.3 Å². The molecule has 2 aromatic heterocycles. The van der Waals surface area contributed by atoms with Crippen LogP contribution in [0.3, 0.4) is 0 Å². The molecule has 0 fully saturated rings. The van der Waals surface area contributed by atoms with Gasteiger partial charge in [0.1, 0.15) is 10.8 Å². The number of aryl methyl sites for hydroxylation is 2. The fourth-order valence-corrected chi connectivity index (χ4v) is 2.14. The van der Waals surface area contributed by atoms with Crippen LogP contribution in [-0.2, 0) is 6.54 Å². The van der Waals surface area contributed by atoms with Crippen molar-refractivity contribution in [1.29, 1.82) is 0 Å². The number of nitrogen functional groups attached to an aromatic ring is 1. The molecule has 0 unspecified atom stereocenters. The number of nitrogens with zero attached hydrogens (tertiary/aromatic N) is 3. The minimum Gasteiger partial charge on any atom is -0.397 e. The highest BCUT2D eigenvalue weighted by Gasteiger charge is 2.14. The SMILES string of the molecule is CCCn1cc(N)cc1C(=O)Nc1nc(C)cc(Cl)n1. The second-order valence-corrected chi connectivity index (χ2v) is 4.85. The van der Waals surface area contributed by atoms with Crippen LogP contribution in [-0.4, -0.2) is 20.4 Å². The molecule has 2 heterocycles. The first kappa shape index (κ1) is 14.3. The number of rotatable bonds is 4. The van der Waals surface area contributed by atoms with E-state index in [-0.39, 0.29) is 17.0 Å². The summed E-state index contributed by atoms with van der Waals surface area (Å²) in [4.78, 5) is 20.3. The Morgan fingerprint density at radius 2 is 2.20 bits per heavy atom. The molecule has 20 heavy (non-hydrogen) atoms. The van der Waals surface area contributed by atoms with Gasteiger partial charge in [-0.05, 0) is 25.5 Å². The second-order valence-electron chi connectivity index (χ2n) is 4.46. The summed E-state index contributed by atoms with van der Waals surface area (Å²) < 4.78 is 1.81. The van der Waals surface area contributed by atoms with Crippen LogP contribution < -0.4 is 11.1 Å². The molecule has 106 valence electrons. The molecule has 0 aliphatic carbocycles. The van der Waals surface area contributed by atoms with E-state index in [4.69, 9.17) is 17.3 Å². The van der Waals surface area contributed by atoms with Gasteiger partial charge in [-0.3, -0.25) is 10.1 Å². The second kappa shape index (κ2) is 5.92. The third kappa shape index (κ3) is 3.27. The van der Waals surface area contributed by atoms with Gasteiger partial charge in [-0.1, -0.05) is 18.5 Å². The largest absolute Gasteiger partial charge is 0.397 e. The van der Waals surface area contributed by atoms with E-state index in [1.807, 2.05) is 11.5 Å². The minimum atomic E-state index is -0.309. The normalized spacial score (nSPS) is 10.6. The van der Waals surface area contributed by atoms with Gasteiger partial charge in [0.25, 0.3) is 5.91 Å². The van der Waals surface area contributed by atoms with E-state index in [1.165, 1.54) is 0 Å². The van der Waals surface area contributed by atoms with Gasteiger partial charge in [0.2, 0.25) is 5.95 Å². The zero-order valence-corrected chi connectivity index (χ0v) is 12.1. The Hall–Kier alpha value is -2.08. The fraction of sp³-hybridized carbons (Fsp3) is 0.308. The lowest BCUT2D eigenvalue weighted by Gasteiger charge is -2.08. The topological polar surface area (TPSA) is 85.8 Å². The van der Waals surface area contributed by atoms with Crippen LogP contribution in [0.5, 0.6) is 0 Å². The van der Waals surface area contributed by atoms with E-state index in [9.17, 15) is 4.79 Å². The van der Waals surface area contributed by atoms with Crippen LogP contribution in [0.2, 0.25) is 5.15 Å². The van der Waals surface area contributed by atoms with Crippen LogP contribution in [0, 0.1) is 6.92 Å². The smallest absolute Gasteiger partial charge is 0.274 e. The Bertz CT molecular complexity index is 617. The molecule has 0 radical (unpaired) electrons. The van der Waals surface area contributed by atoms with Crippen LogP contribution >= 0.6 is 11.6 Å². The van der Waals surface area contributed by atoms with Crippen LogP contribution in [0.25, 0.3) is 0 Å². The highest BCUT2D eigenvalue weighted by Crippen LogP contribution is 2.14. The molecule has 2 aromatic rings. The van der Waals surface area contributed by atoms with Crippen LogP contribution in [0.1, 0.15) is 29.5 Å². The highest BCUT2D eigenvalue weighted by atomic mass is 35.5. The standard InChI is InChI=1S/C13H16ClN5O/c1-3-4-19-7-9(15)6-10(19)12(20)18-13-16-8(2)5-11(14)17-13/h5-7H,3-4,15H2,1-2H3,(H,16,17,18,20). The van der Waals surface area contributed by atoms with E-state index in [0.717, 1.165) is 13.0 Å². The zero-order valence-electron chi connectivity index (χ0n) is 11.4. The maximum Gasteiger partial charge on any atom is 0.274 e. The van der Waals surface area contributed by atoms with Gasteiger partial charge in [-0.25, -0.2) is 9.97 Å². The fourth-order valence-electron chi connectivity index (χ4n) is 1.90. The number of amides is 1. The predicted octanol–water partition coefficient (Wildman–Crippen LogP) is 2.48. The van der Waals surface area contributed by atoms with E-state index in [1.54, 1.807) is 25.3 Å². The highest BCUT2D eigenvalue weighted by molar-refractivity contribution is 6.29. The van der Waals surface area contributed by atoms with E-state index >= 15 is 0 Å². The molecule has 6 nitrogen and oxygen atoms in total. The average molecular weight is 294 g/mol. The summed E-state index contributed by atoms with van der Waals surface area (Å²) in [6, 6.07) is 3.25. The molecule has 0 saturated heterocycles. The molecule has 0 aromatic carbocycles. The molecule has 0 atom stereocenters. The maximum atomic E-state index is 12.2. The number of carbonyl (C=O) groups is 1. The molecule has 0 spiro atoms. The summed E-state index contributed by atoms with van der Waals surface area (Å²) in [6.45, 7) is 4.53. The lowest BCUT2D eigenvalue weighted by molar-refractivity contribution is 0.101. The van der Waals surface area contributed by atoms with Gasteiger partial charge >= 0.3 is 0 Å². The third-order valence-corrected chi connectivity index (χ3v) is 2.86. The summed E-state index contributed by atoms with van der Waals surface area (Å²) >= 11 is 5.84. The summed E-state index contributed by atoms with van der Waals surface area (Å²) in [6.07, 6.45) is 2.64. The van der Waals surface area contributed by atoms with Gasteiger partial charge < -0.3 is 10.3 Å². The van der Waals surface area contributed by atoms with E-state index in [2.05, 4.69) is 15.3 Å². The lowest BCUT2D eigenvalue weighted by Crippen LogP contribution is -2.18. The number of nitrogens with one attached hydrogen (secondary N) is 1. The summed E-state index contributed by atoms with van der Waals surface area (Å²) in [5.41, 5.74) is 7.45. The van der Waals surface area contributed by atoms with Gasteiger partial charge in [0, 0.05) is 18.4 Å². The minimum absolute atomic E-state index is 0.183. The Kier molecular flexibility index (Phi) is 4.24. The van der Waals surface area contributed by atoms with Gasteiger partial charge in [-0.2, -0.15) is 0 Å². The first-order chi connectivity index (χ1) is 9.49. The van der Waals surface area contributed by atoms with E-state index in [0.29, 0.717) is 17.1 Å². The molecular formula is C13H16ClN5O. The molecule has 0 bridgehead atoms. The Labute approximate surface area is 122 Å². The maximum absolute atomic E-state index is 12.2. The molecule has 7 heteroatoms. The average Bonchev–Trinajstić information content (AvgIpc) is 2.69. The van der Waals surface area contributed by atoms with Gasteiger partial charge in [-0.15, -0.1) is 0 Å². The van der Waals surface area contributed by atoms with Crippen molar-refractivity contribution in [2.75, 3.05) is 11.1 Å². The molecule has 3 N–H and O–H groups in total. The lowest BCUT2D eigenvalue weighted by atomic mass is 10.3. The first-order valence-electron chi connectivity index (χ1n) is 6.27. The van der Waals surface area contributed by atoms with Crippen molar-refractivity contribution in [2.45, 2.75) is 26.8 Å². The molecular weight excluding hydrogens is 278 g/mol. The van der Waals surface area contributed by atoms with Crippen molar-refractivity contribution >= 4 is 29.1 Å². The van der Waals surface area contributed by atoms with Crippen molar-refractivity contribution in [1.82, 2.24) is 14.5 Å². The van der Waals surface area contributed by atoms with Crippen molar-refractivity contribution in [3.05, 3.63) is 34.9 Å². The molecule has 1 amide bonds. The van der Waals surface area contributed by atoms with Crippen molar-refractivity contribution in [3.63, 3.8) is 0 Å². The summed E-state index contributed by atoms with van der Waals surface area (Å²) in [5.74, 6) is -0.125. The number of anilines is 2. The van der Waals surface area contributed by atoms with Crippen molar-refractivity contribution in [3.8, 4) is 0 Å². The number of aromatic nitrogens is 3. The molecule has 0 aliphatic heterocycles. The quantitative estimate of drug-likeness (QED) is 0.848. The number of halogens is 1. The van der Waals surface area contributed by atoms with Crippen molar-refractivity contribution < 1.29 is 4.79 Å². The monoisotopic (exact) mass is 293 g/mol. The predicted molar refractivity (Wildman–Crippen MR) is 78.9 cm³/mol. The molecule has 2 rings (SSSR count). The molecule has 0 saturated carbocycles. The van der Waals surface area contributed by atoms with Crippen LogP contribution in [0.4, 0.5) is 11.6 Å². The van der Waals surface area contributed by atoms with Crippen molar-refractivity contribution in [2.24, 2.45) is 0 Å². The van der Waals surface area contributed by atoms with Gasteiger partial charge in [0.05, 0.1) is 5.69 Å². The number of carbonyl (C=O) groups excluding carboxylic acids is 1. The molecule has 0 aliphatic rings. The summed E-state index contributed by atoms with van der Waals surface area (Å²) in [7, 11) is 0. The number of nitrogens with two attached hydrogens (primary N) is 1. The Morgan fingerprint density at radius 3 is 2.85 bits per heavy atom. The zero-order chi connectivity index (χ0) is 14.7. The number of hydrogen-bond donors (Lipinski definition) is 2. The van der Waals surface area contributed by atoms with Gasteiger partial charge in [0.15, 0.2) is 0 Å². The number of hydrogen-bond acceptors (Lipinski definition) is 4. The third-order valence-electron chi connectivity index (χ3n) is 2.66. The Balaban J connectivity index is 2.23.